The number of hydrogen-bond acceptors (Lipinski definition) is 4. The molecule has 2 aromatic carbocycles. The number of carbonyl (C=O) groups is 1. The summed E-state index contributed by atoms with van der Waals surface area (Å²) in [4.78, 5) is 16.9. The molecule has 2 aromatic rings. The molecule has 5 nitrogen and oxygen atoms in total. The lowest BCUT2D eigenvalue weighted by molar-refractivity contribution is 0.0624. The van der Waals surface area contributed by atoms with Crippen molar-refractivity contribution in [1.82, 2.24) is 9.80 Å². The van der Waals surface area contributed by atoms with Gasteiger partial charge < -0.3 is 4.90 Å². The maximum Gasteiger partial charge on any atom is 0.255 e. The van der Waals surface area contributed by atoms with Crippen molar-refractivity contribution >= 4 is 27.3 Å². The van der Waals surface area contributed by atoms with Crippen LogP contribution in [0.15, 0.2) is 47.4 Å². The number of piperazine rings is 1. The van der Waals surface area contributed by atoms with Gasteiger partial charge in [0.1, 0.15) is 5.82 Å². The molecule has 0 N–H and O–H groups in total. The summed E-state index contributed by atoms with van der Waals surface area (Å²) in [6.45, 7) is 4.60. The summed E-state index contributed by atoms with van der Waals surface area (Å²) in [5, 5.41) is 0.388. The molecule has 3 rings (SSSR count). The number of amides is 1. The summed E-state index contributed by atoms with van der Waals surface area (Å²) in [6.07, 6.45) is 0.496. The number of sulfone groups is 1. The maximum atomic E-state index is 13.2. The van der Waals surface area contributed by atoms with Crippen molar-refractivity contribution in [2.75, 3.05) is 31.9 Å². The van der Waals surface area contributed by atoms with Crippen LogP contribution in [0.2, 0.25) is 5.02 Å². The monoisotopic (exact) mass is 438 g/mol. The second-order valence-electron chi connectivity index (χ2n) is 7.12. The van der Waals surface area contributed by atoms with E-state index in [1.54, 1.807) is 36.1 Å². The summed E-state index contributed by atoms with van der Waals surface area (Å²) in [6, 6.07) is 10.8. The van der Waals surface area contributed by atoms with Crippen LogP contribution in [-0.4, -0.2) is 56.1 Å². The summed E-state index contributed by atoms with van der Waals surface area (Å²) >= 11 is 6.11. The van der Waals surface area contributed by atoms with Gasteiger partial charge in [0.2, 0.25) is 0 Å². The highest BCUT2D eigenvalue weighted by molar-refractivity contribution is 7.91. The molecule has 0 spiro atoms. The van der Waals surface area contributed by atoms with Gasteiger partial charge in [0.25, 0.3) is 5.91 Å². The molecular formula is C21H24ClFN2O3S. The van der Waals surface area contributed by atoms with Gasteiger partial charge >= 0.3 is 0 Å². The summed E-state index contributed by atoms with van der Waals surface area (Å²) in [5.41, 5.74) is 1.07. The molecule has 156 valence electrons. The van der Waals surface area contributed by atoms with Crippen molar-refractivity contribution in [1.29, 1.82) is 0 Å². The van der Waals surface area contributed by atoms with E-state index in [1.165, 1.54) is 18.2 Å². The Labute approximate surface area is 176 Å². The van der Waals surface area contributed by atoms with Gasteiger partial charge in [-0.3, -0.25) is 9.69 Å². The van der Waals surface area contributed by atoms with Crippen LogP contribution >= 0.6 is 11.6 Å². The van der Waals surface area contributed by atoms with E-state index in [2.05, 4.69) is 4.90 Å². The zero-order valence-corrected chi connectivity index (χ0v) is 17.8. The van der Waals surface area contributed by atoms with Gasteiger partial charge in [-0.05, 0) is 36.2 Å². The van der Waals surface area contributed by atoms with Crippen LogP contribution in [0, 0.1) is 5.82 Å². The second-order valence-corrected chi connectivity index (χ2v) is 9.60. The quantitative estimate of drug-likeness (QED) is 0.691. The smallest absolute Gasteiger partial charge is 0.255 e. The molecule has 1 amide bonds. The molecule has 0 saturated carbocycles. The van der Waals surface area contributed by atoms with Crippen LogP contribution in [0.25, 0.3) is 0 Å². The first-order chi connectivity index (χ1) is 13.8. The highest BCUT2D eigenvalue weighted by Crippen LogP contribution is 2.22. The lowest BCUT2D eigenvalue weighted by Gasteiger charge is -2.35. The van der Waals surface area contributed by atoms with Crippen LogP contribution in [0.3, 0.4) is 0 Å². The number of halogens is 2. The van der Waals surface area contributed by atoms with Crippen LogP contribution in [-0.2, 0) is 16.4 Å². The Morgan fingerprint density at radius 3 is 2.45 bits per heavy atom. The number of benzene rings is 2. The van der Waals surface area contributed by atoms with Gasteiger partial charge in [-0.25, -0.2) is 12.8 Å². The lowest BCUT2D eigenvalue weighted by Crippen LogP contribution is -2.48. The Balaban J connectivity index is 1.68. The Morgan fingerprint density at radius 2 is 1.79 bits per heavy atom. The highest BCUT2D eigenvalue weighted by atomic mass is 35.5. The Hall–Kier alpha value is -1.96. The fourth-order valence-corrected chi connectivity index (χ4v) is 5.22. The minimum Gasteiger partial charge on any atom is -0.336 e. The van der Waals surface area contributed by atoms with Crippen molar-refractivity contribution in [2.24, 2.45) is 0 Å². The van der Waals surface area contributed by atoms with Gasteiger partial charge in [-0.2, -0.15) is 0 Å². The maximum absolute atomic E-state index is 13.2. The van der Waals surface area contributed by atoms with Crippen LogP contribution < -0.4 is 0 Å². The number of nitrogens with zero attached hydrogens (tertiary/aromatic N) is 2. The number of rotatable bonds is 6. The van der Waals surface area contributed by atoms with E-state index in [0.717, 1.165) is 5.56 Å². The summed E-state index contributed by atoms with van der Waals surface area (Å²) < 4.78 is 38.3. The third-order valence-electron chi connectivity index (χ3n) is 4.99. The summed E-state index contributed by atoms with van der Waals surface area (Å²) in [5.74, 6) is -0.616. The van der Waals surface area contributed by atoms with Gasteiger partial charge in [0, 0.05) is 37.7 Å². The minimum absolute atomic E-state index is 0.0174. The van der Waals surface area contributed by atoms with Crippen molar-refractivity contribution in [2.45, 2.75) is 24.8 Å². The second kappa shape index (κ2) is 9.24. The van der Waals surface area contributed by atoms with Gasteiger partial charge in [0.15, 0.2) is 9.84 Å². The van der Waals surface area contributed by atoms with E-state index in [0.29, 0.717) is 44.2 Å². The van der Waals surface area contributed by atoms with Crippen molar-refractivity contribution < 1.29 is 17.6 Å². The molecule has 1 heterocycles. The van der Waals surface area contributed by atoms with E-state index in [9.17, 15) is 17.6 Å². The van der Waals surface area contributed by atoms with E-state index < -0.39 is 9.84 Å². The fraction of sp³-hybridized carbons (Fsp3) is 0.381. The highest BCUT2D eigenvalue weighted by Gasteiger charge is 2.27. The molecule has 0 atom stereocenters. The minimum atomic E-state index is -3.49. The molecular weight excluding hydrogens is 415 g/mol. The third kappa shape index (κ3) is 5.15. The Kier molecular flexibility index (Phi) is 6.93. The molecule has 0 aromatic heterocycles. The molecule has 8 heteroatoms. The van der Waals surface area contributed by atoms with E-state index in [-0.39, 0.29) is 27.9 Å². The predicted molar refractivity (Wildman–Crippen MR) is 111 cm³/mol. The molecule has 0 aliphatic carbocycles. The number of hydrogen-bond donors (Lipinski definition) is 0. The largest absolute Gasteiger partial charge is 0.336 e. The van der Waals surface area contributed by atoms with Crippen molar-refractivity contribution in [3.63, 3.8) is 0 Å². The molecule has 0 radical (unpaired) electrons. The molecule has 1 saturated heterocycles. The fourth-order valence-electron chi connectivity index (χ4n) is 3.46. The number of carbonyl (C=O) groups excluding carboxylic acids is 1. The SMILES string of the molecule is CCCS(=O)(=O)c1ccccc1C(=O)N1CCN(Cc2ccc(F)cc2Cl)CC1. The van der Waals surface area contributed by atoms with Gasteiger partial charge in [0.05, 0.1) is 16.2 Å². The first-order valence-electron chi connectivity index (χ1n) is 9.59. The molecule has 1 aliphatic rings. The molecule has 1 aliphatic heterocycles. The Bertz CT molecular complexity index is 989. The lowest BCUT2D eigenvalue weighted by atomic mass is 10.1. The first kappa shape index (κ1) is 21.7. The average molecular weight is 439 g/mol. The van der Waals surface area contributed by atoms with E-state index >= 15 is 0 Å². The first-order valence-corrected chi connectivity index (χ1v) is 11.6. The molecule has 0 bridgehead atoms. The third-order valence-corrected chi connectivity index (χ3v) is 7.32. The topological polar surface area (TPSA) is 57.7 Å². The zero-order valence-electron chi connectivity index (χ0n) is 16.3. The summed E-state index contributed by atoms with van der Waals surface area (Å²) in [7, 11) is -3.49. The predicted octanol–water partition coefficient (Wildman–Crippen LogP) is 3.62. The average Bonchev–Trinajstić information content (AvgIpc) is 2.70. The van der Waals surface area contributed by atoms with Crippen molar-refractivity contribution in [3.05, 3.63) is 64.4 Å². The van der Waals surface area contributed by atoms with Gasteiger partial charge in [-0.1, -0.05) is 36.7 Å². The Morgan fingerprint density at radius 1 is 1.10 bits per heavy atom. The standard InChI is InChI=1S/C21H24ClFN2O3S/c1-2-13-29(27,28)20-6-4-3-5-18(20)21(26)25-11-9-24(10-12-25)15-16-7-8-17(23)14-19(16)22/h3-8,14H,2,9-13,15H2,1H3. The molecule has 0 unspecified atom stereocenters. The molecule has 29 heavy (non-hydrogen) atoms. The normalized spacial score (nSPS) is 15.5. The van der Waals surface area contributed by atoms with Crippen molar-refractivity contribution in [3.8, 4) is 0 Å². The van der Waals surface area contributed by atoms with Crippen LogP contribution in [0.5, 0.6) is 0 Å². The van der Waals surface area contributed by atoms with Gasteiger partial charge in [-0.15, -0.1) is 0 Å². The molecule has 1 fully saturated rings. The van der Waals surface area contributed by atoms with Crippen LogP contribution in [0.1, 0.15) is 29.3 Å². The van der Waals surface area contributed by atoms with Crippen LogP contribution in [0.4, 0.5) is 4.39 Å². The van der Waals surface area contributed by atoms with E-state index in [4.69, 9.17) is 11.6 Å². The van der Waals surface area contributed by atoms with E-state index in [1.807, 2.05) is 0 Å². The zero-order chi connectivity index (χ0) is 21.0.